The Kier molecular flexibility index (Phi) is 19.8. The van der Waals surface area contributed by atoms with E-state index in [0.29, 0.717) is 0 Å². The molecule has 14 rings (SSSR count). The highest BCUT2D eigenvalue weighted by Gasteiger charge is 2.04. The Morgan fingerprint density at radius 2 is 0.863 bits per heavy atom. The van der Waals surface area contributed by atoms with Crippen molar-refractivity contribution in [2.75, 3.05) is 7.11 Å². The number of fused-ring (bicyclic) bond motifs is 7. The minimum atomic E-state index is 0.957. The molecule has 4 heterocycles. The smallest absolute Gasteiger partial charge is 0.122 e. The van der Waals surface area contributed by atoms with Gasteiger partial charge in [0.05, 0.1) is 12.6 Å². The molecule has 0 radical (unpaired) electrons. The molecule has 0 spiro atoms. The Hall–Kier alpha value is -8.90. The third kappa shape index (κ3) is 14.2. The van der Waals surface area contributed by atoms with Crippen LogP contribution in [0.25, 0.3) is 75.0 Å². The number of hydrogen-bond donors (Lipinski definition) is 0. The quantitative estimate of drug-likeness (QED) is 0.164. The predicted octanol–water partition coefficient (Wildman–Crippen LogP) is 20.9. The summed E-state index contributed by atoms with van der Waals surface area (Å²) in [6, 6.07) is 73.6. The van der Waals surface area contributed by atoms with Crippen LogP contribution in [0.5, 0.6) is 5.75 Å². The van der Waals surface area contributed by atoms with Crippen molar-refractivity contribution in [3.8, 4) is 5.75 Å². The van der Waals surface area contributed by atoms with Crippen LogP contribution in [0.1, 0.15) is 50.1 Å². The standard InChI is InChI=1S/C12H12O.2C12H12.C10H11N.2C10H9N.C9H8S/c1-9-11-6-4-3-5-10(11)7-8-12(9)13-2;1-9-7-8-11-5-3-4-6-12(11)10(9)2;1-9-7-8-10(2)12-6-4-3-5-11(9)12;1-8-7-11(2)10-6-4-3-5-9(8)10;1-8-3-2-4-9-5-6-11-7-10(8)9;1-8-6-7-11-10-5-3-2-4-9(8)10;1-7-6-10-9-5-3-2-4-8(7)9/h3-8H,1-2H3;2*3-8H,1-2H3;3-7H,1-2H3;2*2-7H,1H3;2-6H,1H3. The van der Waals surface area contributed by atoms with Gasteiger partial charge in [-0.2, -0.15) is 0 Å². The van der Waals surface area contributed by atoms with Crippen molar-refractivity contribution in [3.05, 3.63) is 293 Å². The average molecular weight is 1060 g/mol. The van der Waals surface area contributed by atoms with Gasteiger partial charge >= 0.3 is 0 Å². The first-order valence-corrected chi connectivity index (χ1v) is 28.2. The highest BCUT2D eigenvalue weighted by molar-refractivity contribution is 7.17. The van der Waals surface area contributed by atoms with Gasteiger partial charge in [0.1, 0.15) is 5.75 Å². The molecular formula is C75H73N3OS. The second-order valence-corrected chi connectivity index (χ2v) is 21.2. The van der Waals surface area contributed by atoms with E-state index >= 15 is 0 Å². The number of para-hydroxylation sites is 2. The molecule has 0 saturated carbocycles. The summed E-state index contributed by atoms with van der Waals surface area (Å²) in [5.41, 5.74) is 14.4. The van der Waals surface area contributed by atoms with Crippen LogP contribution in [0.4, 0.5) is 0 Å². The molecule has 0 atom stereocenters. The lowest BCUT2D eigenvalue weighted by molar-refractivity contribution is 0.412. The highest BCUT2D eigenvalue weighted by Crippen LogP contribution is 2.28. The molecule has 5 heteroatoms. The summed E-state index contributed by atoms with van der Waals surface area (Å²) in [6.45, 7) is 19.2. The van der Waals surface area contributed by atoms with Crippen LogP contribution < -0.4 is 4.74 Å². The number of aromatic nitrogens is 3. The third-order valence-corrected chi connectivity index (χ3v) is 15.8. The molecule has 14 aromatic rings. The zero-order valence-electron chi connectivity index (χ0n) is 48.3. The molecule has 10 aromatic carbocycles. The van der Waals surface area contributed by atoms with E-state index in [1.807, 2.05) is 72.4 Å². The molecule has 0 unspecified atom stereocenters. The average Bonchev–Trinajstić information content (AvgIpc) is 4.04. The minimum absolute atomic E-state index is 0.957. The summed E-state index contributed by atoms with van der Waals surface area (Å²) in [6.07, 6.45) is 7.73. The van der Waals surface area contributed by atoms with Crippen molar-refractivity contribution >= 4 is 86.3 Å². The lowest BCUT2D eigenvalue weighted by Crippen LogP contribution is -1.87. The van der Waals surface area contributed by atoms with Gasteiger partial charge in [0.2, 0.25) is 0 Å². The monoisotopic (exact) mass is 1060 g/mol. The highest BCUT2D eigenvalue weighted by atomic mass is 32.1. The number of thiophene rings is 1. The van der Waals surface area contributed by atoms with Crippen molar-refractivity contribution in [1.82, 2.24) is 14.5 Å². The van der Waals surface area contributed by atoms with Gasteiger partial charge in [0.25, 0.3) is 0 Å². The van der Waals surface area contributed by atoms with Gasteiger partial charge in [-0.25, -0.2) is 0 Å². The summed E-state index contributed by atoms with van der Waals surface area (Å²) in [4.78, 5) is 8.32. The van der Waals surface area contributed by atoms with Gasteiger partial charge in [-0.05, 0) is 197 Å². The maximum Gasteiger partial charge on any atom is 0.122 e. The van der Waals surface area contributed by atoms with E-state index in [1.54, 1.807) is 7.11 Å². The first kappa shape index (κ1) is 57.3. The number of nitrogens with zero attached hydrogens (tertiary/aromatic N) is 3. The van der Waals surface area contributed by atoms with Gasteiger partial charge in [0, 0.05) is 58.2 Å². The molecule has 0 fully saturated rings. The van der Waals surface area contributed by atoms with Crippen molar-refractivity contribution in [2.24, 2.45) is 7.05 Å². The Balaban J connectivity index is 0.000000123. The zero-order chi connectivity index (χ0) is 56.5. The summed E-state index contributed by atoms with van der Waals surface area (Å²) in [5, 5.41) is 16.7. The Labute approximate surface area is 477 Å². The molecule has 0 amide bonds. The topological polar surface area (TPSA) is 39.9 Å². The molecule has 0 N–H and O–H groups in total. The maximum absolute atomic E-state index is 5.25. The van der Waals surface area contributed by atoms with Crippen LogP contribution in [0.2, 0.25) is 0 Å². The fourth-order valence-corrected chi connectivity index (χ4v) is 10.9. The van der Waals surface area contributed by atoms with Crippen molar-refractivity contribution in [1.29, 1.82) is 0 Å². The van der Waals surface area contributed by atoms with Crippen LogP contribution in [0, 0.1) is 62.3 Å². The van der Waals surface area contributed by atoms with Gasteiger partial charge in [-0.15, -0.1) is 11.3 Å². The molecule has 0 bridgehead atoms. The number of pyridine rings is 2. The second-order valence-electron chi connectivity index (χ2n) is 20.3. The van der Waals surface area contributed by atoms with Crippen LogP contribution in [0.15, 0.2) is 242 Å². The fraction of sp³-hybridized carbons (Fsp3) is 0.147. The Morgan fingerprint density at radius 3 is 1.49 bits per heavy atom. The normalized spacial score (nSPS) is 10.4. The van der Waals surface area contributed by atoms with E-state index in [4.69, 9.17) is 4.74 Å². The minimum Gasteiger partial charge on any atom is -0.496 e. The van der Waals surface area contributed by atoms with E-state index in [2.05, 4.69) is 265 Å². The zero-order valence-corrected chi connectivity index (χ0v) is 49.1. The van der Waals surface area contributed by atoms with Gasteiger partial charge in [-0.3, -0.25) is 9.97 Å². The van der Waals surface area contributed by atoms with Crippen molar-refractivity contribution in [3.63, 3.8) is 0 Å². The number of benzene rings is 10. The van der Waals surface area contributed by atoms with E-state index in [9.17, 15) is 0 Å². The molecule has 0 aliphatic carbocycles. The van der Waals surface area contributed by atoms with E-state index < -0.39 is 0 Å². The SMILES string of the molecule is COc1ccc2ccccc2c1C.Cc1ccc(C)c2ccccc12.Cc1ccc2ccccc2c1C.Cc1cccc2ccncc12.Cc1ccnc2ccccc12.Cc1cn(C)c2ccccc12.Cc1csc2ccccc12. The third-order valence-electron chi connectivity index (χ3n) is 14.7. The van der Waals surface area contributed by atoms with E-state index in [0.717, 1.165) is 11.3 Å². The molecule has 0 aliphatic rings. The summed E-state index contributed by atoms with van der Waals surface area (Å²) < 4.78 is 8.80. The maximum atomic E-state index is 5.25. The van der Waals surface area contributed by atoms with Gasteiger partial charge in [-0.1, -0.05) is 176 Å². The predicted molar refractivity (Wildman–Crippen MR) is 349 cm³/mol. The molecule has 0 aliphatic heterocycles. The number of aryl methyl sites for hydroxylation is 10. The molecule has 400 valence electrons. The van der Waals surface area contributed by atoms with Gasteiger partial charge < -0.3 is 9.30 Å². The molecule has 80 heavy (non-hydrogen) atoms. The lowest BCUT2D eigenvalue weighted by atomic mass is 10.0. The second kappa shape index (κ2) is 27.6. The summed E-state index contributed by atoms with van der Waals surface area (Å²) >= 11 is 1.81. The number of rotatable bonds is 1. The van der Waals surface area contributed by atoms with Gasteiger partial charge in [0.15, 0.2) is 0 Å². The van der Waals surface area contributed by atoms with E-state index in [-0.39, 0.29) is 0 Å². The molecule has 4 nitrogen and oxygen atoms in total. The van der Waals surface area contributed by atoms with Crippen LogP contribution in [-0.4, -0.2) is 21.6 Å². The Morgan fingerprint density at radius 1 is 0.362 bits per heavy atom. The summed E-state index contributed by atoms with van der Waals surface area (Å²) in [7, 11) is 3.78. The van der Waals surface area contributed by atoms with Crippen molar-refractivity contribution in [2.45, 2.75) is 62.3 Å². The number of methoxy groups -OCH3 is 1. The molecule has 4 aromatic heterocycles. The number of ether oxygens (including phenoxy) is 1. The molecular weight excluding hydrogens is 991 g/mol. The lowest BCUT2D eigenvalue weighted by Gasteiger charge is -2.07. The molecule has 0 saturated heterocycles. The van der Waals surface area contributed by atoms with E-state index in [1.165, 1.54) is 120 Å². The first-order valence-electron chi connectivity index (χ1n) is 27.3. The van der Waals surface area contributed by atoms with Crippen LogP contribution >= 0.6 is 11.3 Å². The van der Waals surface area contributed by atoms with Crippen LogP contribution in [-0.2, 0) is 7.05 Å². The fourth-order valence-electron chi connectivity index (χ4n) is 9.92. The Bertz CT molecular complexity index is 4150. The largest absolute Gasteiger partial charge is 0.496 e. The van der Waals surface area contributed by atoms with Crippen molar-refractivity contribution < 1.29 is 4.74 Å². The first-order chi connectivity index (χ1) is 38.8. The summed E-state index contributed by atoms with van der Waals surface area (Å²) in [5.74, 6) is 0.957. The number of hydrogen-bond acceptors (Lipinski definition) is 4. The van der Waals surface area contributed by atoms with Crippen LogP contribution in [0.3, 0.4) is 0 Å².